The number of nitro benzene ring substituents is 1. The Kier molecular flexibility index (Phi) is 5.14. The van der Waals surface area contributed by atoms with Gasteiger partial charge in [0.15, 0.2) is 0 Å². The van der Waals surface area contributed by atoms with Gasteiger partial charge in [-0.2, -0.15) is 0 Å². The van der Waals surface area contributed by atoms with Crippen molar-refractivity contribution in [3.63, 3.8) is 0 Å². The number of nitrogens with two attached hydrogens (primary N) is 1. The first-order chi connectivity index (χ1) is 9.95. The van der Waals surface area contributed by atoms with Crippen LogP contribution in [0.5, 0.6) is 0 Å². The van der Waals surface area contributed by atoms with E-state index in [0.717, 1.165) is 37.7 Å². The molecule has 1 saturated heterocycles. The molecule has 0 aliphatic carbocycles. The zero-order valence-electron chi connectivity index (χ0n) is 12.8. The molecule has 1 aromatic rings. The summed E-state index contributed by atoms with van der Waals surface area (Å²) in [5.74, 6) is 0.776. The predicted molar refractivity (Wildman–Crippen MR) is 84.1 cm³/mol. The lowest BCUT2D eigenvalue weighted by Crippen LogP contribution is -2.36. The van der Waals surface area contributed by atoms with Gasteiger partial charge < -0.3 is 10.6 Å². The van der Waals surface area contributed by atoms with Crippen molar-refractivity contribution in [2.75, 3.05) is 39.5 Å². The molecule has 21 heavy (non-hydrogen) atoms. The van der Waals surface area contributed by atoms with E-state index in [1.165, 1.54) is 18.9 Å². The molecule has 0 aromatic heterocycles. The highest BCUT2D eigenvalue weighted by atomic mass is 16.6. The molecule has 6 heteroatoms. The smallest absolute Gasteiger partial charge is 0.292 e. The van der Waals surface area contributed by atoms with E-state index in [2.05, 4.69) is 23.9 Å². The van der Waals surface area contributed by atoms with Crippen LogP contribution in [0.15, 0.2) is 18.2 Å². The molecule has 116 valence electrons. The number of likely N-dealkylation sites (tertiary alicyclic amines) is 1. The highest BCUT2D eigenvalue weighted by Crippen LogP contribution is 2.24. The molecule has 1 fully saturated rings. The molecule has 1 heterocycles. The first kappa shape index (κ1) is 15.7. The summed E-state index contributed by atoms with van der Waals surface area (Å²) in [7, 11) is 4.23. The summed E-state index contributed by atoms with van der Waals surface area (Å²) in [6.07, 6.45) is 2.42. The Balaban J connectivity index is 1.89. The third-order valence-electron chi connectivity index (χ3n) is 4.03. The molecule has 1 aliphatic rings. The summed E-state index contributed by atoms with van der Waals surface area (Å²) in [6.45, 7) is 4.12. The van der Waals surface area contributed by atoms with Gasteiger partial charge in [0.1, 0.15) is 5.69 Å². The molecule has 0 bridgehead atoms. The number of benzene rings is 1. The molecule has 0 radical (unpaired) electrons. The zero-order valence-corrected chi connectivity index (χ0v) is 12.8. The Hall–Kier alpha value is -1.66. The van der Waals surface area contributed by atoms with Crippen LogP contribution in [0.3, 0.4) is 0 Å². The van der Waals surface area contributed by atoms with Crippen molar-refractivity contribution in [2.24, 2.45) is 5.92 Å². The third kappa shape index (κ3) is 4.41. The summed E-state index contributed by atoms with van der Waals surface area (Å²) in [5.41, 5.74) is 7.02. The zero-order chi connectivity index (χ0) is 15.4. The van der Waals surface area contributed by atoms with Crippen LogP contribution in [-0.4, -0.2) is 48.5 Å². The Bertz CT molecular complexity index is 496. The van der Waals surface area contributed by atoms with Gasteiger partial charge in [-0.25, -0.2) is 0 Å². The second-order valence-electron chi connectivity index (χ2n) is 6.13. The summed E-state index contributed by atoms with van der Waals surface area (Å²) in [6, 6.07) is 5.04. The van der Waals surface area contributed by atoms with E-state index in [9.17, 15) is 10.1 Å². The number of hydrogen-bond donors (Lipinski definition) is 1. The van der Waals surface area contributed by atoms with E-state index >= 15 is 0 Å². The minimum Gasteiger partial charge on any atom is -0.393 e. The monoisotopic (exact) mass is 292 g/mol. The van der Waals surface area contributed by atoms with E-state index in [1.54, 1.807) is 12.1 Å². The van der Waals surface area contributed by atoms with Crippen LogP contribution in [-0.2, 0) is 6.54 Å². The first-order valence-corrected chi connectivity index (χ1v) is 7.35. The third-order valence-corrected chi connectivity index (χ3v) is 4.03. The van der Waals surface area contributed by atoms with Crippen molar-refractivity contribution in [1.29, 1.82) is 0 Å². The average molecular weight is 292 g/mol. The second-order valence-corrected chi connectivity index (χ2v) is 6.13. The van der Waals surface area contributed by atoms with Crippen molar-refractivity contribution >= 4 is 11.4 Å². The molecule has 0 saturated carbocycles. The number of anilines is 1. The fourth-order valence-electron chi connectivity index (χ4n) is 2.97. The van der Waals surface area contributed by atoms with E-state index in [1.807, 2.05) is 0 Å². The van der Waals surface area contributed by atoms with Crippen molar-refractivity contribution in [3.05, 3.63) is 33.9 Å². The van der Waals surface area contributed by atoms with Gasteiger partial charge in [0.25, 0.3) is 5.69 Å². The molecule has 0 atom stereocenters. The van der Waals surface area contributed by atoms with Gasteiger partial charge in [-0.05, 0) is 57.6 Å². The van der Waals surface area contributed by atoms with Gasteiger partial charge in [-0.1, -0.05) is 6.07 Å². The Morgan fingerprint density at radius 2 is 2.05 bits per heavy atom. The number of piperidine rings is 1. The van der Waals surface area contributed by atoms with Crippen LogP contribution in [0, 0.1) is 16.0 Å². The van der Waals surface area contributed by atoms with Crippen molar-refractivity contribution in [3.8, 4) is 0 Å². The summed E-state index contributed by atoms with van der Waals surface area (Å²) < 4.78 is 0. The first-order valence-electron chi connectivity index (χ1n) is 7.35. The summed E-state index contributed by atoms with van der Waals surface area (Å²) >= 11 is 0. The van der Waals surface area contributed by atoms with Crippen LogP contribution in [0.4, 0.5) is 11.4 Å². The molecule has 1 aromatic carbocycles. The van der Waals surface area contributed by atoms with Crippen LogP contribution < -0.4 is 5.73 Å². The normalized spacial score (nSPS) is 17.3. The molecule has 2 rings (SSSR count). The SMILES string of the molecule is CN(C)CC1CCN(Cc2ccc([N+](=O)[O-])c(N)c2)CC1. The maximum atomic E-state index is 10.8. The lowest BCUT2D eigenvalue weighted by atomic mass is 9.96. The summed E-state index contributed by atoms with van der Waals surface area (Å²) in [5, 5.41) is 10.8. The Labute approximate surface area is 125 Å². The standard InChI is InChI=1S/C15H24N4O2/c1-17(2)10-12-5-7-18(8-6-12)11-13-3-4-15(19(20)21)14(16)9-13/h3-4,9,12H,5-8,10-11,16H2,1-2H3. The van der Waals surface area contributed by atoms with E-state index in [-0.39, 0.29) is 11.4 Å². The fourth-order valence-corrected chi connectivity index (χ4v) is 2.97. The molecule has 0 spiro atoms. The quantitative estimate of drug-likeness (QED) is 0.510. The van der Waals surface area contributed by atoms with Crippen LogP contribution in [0.2, 0.25) is 0 Å². The molecular formula is C15H24N4O2. The minimum atomic E-state index is -0.439. The highest BCUT2D eigenvalue weighted by molar-refractivity contribution is 5.59. The number of nitrogens with zero attached hydrogens (tertiary/aromatic N) is 3. The van der Waals surface area contributed by atoms with E-state index < -0.39 is 4.92 Å². The lowest BCUT2D eigenvalue weighted by Gasteiger charge is -2.33. The molecule has 0 amide bonds. The number of rotatable bonds is 5. The van der Waals surface area contributed by atoms with Gasteiger partial charge in [0, 0.05) is 19.2 Å². The van der Waals surface area contributed by atoms with Gasteiger partial charge in [-0.3, -0.25) is 15.0 Å². The number of nitro groups is 1. The fraction of sp³-hybridized carbons (Fsp3) is 0.600. The molecule has 1 aliphatic heterocycles. The maximum Gasteiger partial charge on any atom is 0.292 e. The largest absolute Gasteiger partial charge is 0.393 e. The van der Waals surface area contributed by atoms with E-state index in [4.69, 9.17) is 5.73 Å². The minimum absolute atomic E-state index is 0.0107. The number of nitrogen functional groups attached to an aromatic ring is 1. The van der Waals surface area contributed by atoms with Gasteiger partial charge in [0.05, 0.1) is 4.92 Å². The maximum absolute atomic E-state index is 10.8. The van der Waals surface area contributed by atoms with Crippen LogP contribution in [0.1, 0.15) is 18.4 Å². The van der Waals surface area contributed by atoms with Gasteiger partial charge in [-0.15, -0.1) is 0 Å². The van der Waals surface area contributed by atoms with Gasteiger partial charge in [0.2, 0.25) is 0 Å². The van der Waals surface area contributed by atoms with Crippen molar-refractivity contribution < 1.29 is 4.92 Å². The molecule has 2 N–H and O–H groups in total. The van der Waals surface area contributed by atoms with Crippen LogP contribution in [0.25, 0.3) is 0 Å². The highest BCUT2D eigenvalue weighted by Gasteiger charge is 2.20. The Morgan fingerprint density at radius 1 is 1.38 bits per heavy atom. The second kappa shape index (κ2) is 6.87. The number of hydrogen-bond acceptors (Lipinski definition) is 5. The topological polar surface area (TPSA) is 75.6 Å². The summed E-state index contributed by atoms with van der Waals surface area (Å²) in [4.78, 5) is 15.0. The molecular weight excluding hydrogens is 268 g/mol. The van der Waals surface area contributed by atoms with Gasteiger partial charge >= 0.3 is 0 Å². The van der Waals surface area contributed by atoms with Crippen molar-refractivity contribution in [2.45, 2.75) is 19.4 Å². The molecule has 6 nitrogen and oxygen atoms in total. The van der Waals surface area contributed by atoms with E-state index in [0.29, 0.717) is 0 Å². The van der Waals surface area contributed by atoms with Crippen LogP contribution >= 0.6 is 0 Å². The van der Waals surface area contributed by atoms with Crippen molar-refractivity contribution in [1.82, 2.24) is 9.80 Å². The molecule has 0 unspecified atom stereocenters. The lowest BCUT2D eigenvalue weighted by molar-refractivity contribution is -0.383. The predicted octanol–water partition coefficient (Wildman–Crippen LogP) is 1.95. The average Bonchev–Trinajstić information content (AvgIpc) is 2.40. The Morgan fingerprint density at radius 3 is 2.57 bits per heavy atom.